The molecule has 0 spiro atoms. The average Bonchev–Trinajstić information content (AvgIpc) is 2.39. The standard InChI is InChI=1S/C15H15Cl2NO/c1-10(12-5-3-4-6-13(12)16)18-11-7-8-15(19-2)14(17)9-11/h3-10,18H,1-2H3. The average molecular weight is 296 g/mol. The van der Waals surface area contributed by atoms with Crippen molar-refractivity contribution in [1.82, 2.24) is 0 Å². The van der Waals surface area contributed by atoms with Crippen molar-refractivity contribution in [2.24, 2.45) is 0 Å². The quantitative estimate of drug-likeness (QED) is 0.839. The van der Waals surface area contributed by atoms with Crippen LogP contribution in [0.15, 0.2) is 42.5 Å². The van der Waals surface area contributed by atoms with Gasteiger partial charge in [-0.25, -0.2) is 0 Å². The molecule has 2 aromatic carbocycles. The van der Waals surface area contributed by atoms with Crippen LogP contribution < -0.4 is 10.1 Å². The molecule has 0 fully saturated rings. The van der Waals surface area contributed by atoms with Gasteiger partial charge < -0.3 is 10.1 Å². The second-order valence-electron chi connectivity index (χ2n) is 4.24. The second-order valence-corrected chi connectivity index (χ2v) is 5.05. The second kappa shape index (κ2) is 6.18. The van der Waals surface area contributed by atoms with Crippen molar-refractivity contribution in [3.63, 3.8) is 0 Å². The van der Waals surface area contributed by atoms with E-state index in [1.165, 1.54) is 0 Å². The van der Waals surface area contributed by atoms with Crippen LogP contribution in [-0.2, 0) is 0 Å². The molecular formula is C15H15Cl2NO. The fourth-order valence-corrected chi connectivity index (χ4v) is 2.47. The summed E-state index contributed by atoms with van der Waals surface area (Å²) in [6.45, 7) is 2.05. The number of benzene rings is 2. The number of halogens is 2. The normalized spacial score (nSPS) is 12.0. The lowest BCUT2D eigenvalue weighted by atomic mass is 10.1. The molecule has 0 aromatic heterocycles. The highest BCUT2D eigenvalue weighted by atomic mass is 35.5. The van der Waals surface area contributed by atoms with Gasteiger partial charge in [-0.1, -0.05) is 41.4 Å². The smallest absolute Gasteiger partial charge is 0.137 e. The Labute approximate surface area is 123 Å². The monoisotopic (exact) mass is 295 g/mol. The third-order valence-corrected chi connectivity index (χ3v) is 3.55. The van der Waals surface area contributed by atoms with Gasteiger partial charge in [0, 0.05) is 16.8 Å². The number of hydrogen-bond donors (Lipinski definition) is 1. The number of rotatable bonds is 4. The minimum absolute atomic E-state index is 0.0955. The van der Waals surface area contributed by atoms with Crippen LogP contribution in [-0.4, -0.2) is 7.11 Å². The molecule has 1 unspecified atom stereocenters. The minimum atomic E-state index is 0.0955. The largest absolute Gasteiger partial charge is 0.495 e. The predicted molar refractivity (Wildman–Crippen MR) is 81.5 cm³/mol. The van der Waals surface area contributed by atoms with Crippen LogP contribution in [0.2, 0.25) is 10.0 Å². The van der Waals surface area contributed by atoms with Gasteiger partial charge >= 0.3 is 0 Å². The van der Waals surface area contributed by atoms with E-state index in [0.717, 1.165) is 16.3 Å². The predicted octanol–water partition coefficient (Wildman–Crippen LogP) is 5.18. The van der Waals surface area contributed by atoms with E-state index in [0.29, 0.717) is 10.8 Å². The van der Waals surface area contributed by atoms with Gasteiger partial charge in [0.05, 0.1) is 12.1 Å². The Morgan fingerprint density at radius 1 is 1.05 bits per heavy atom. The summed E-state index contributed by atoms with van der Waals surface area (Å²) in [6.07, 6.45) is 0. The van der Waals surface area contributed by atoms with Gasteiger partial charge in [-0.15, -0.1) is 0 Å². The first-order valence-corrected chi connectivity index (χ1v) is 6.72. The molecule has 2 nitrogen and oxygen atoms in total. The molecule has 19 heavy (non-hydrogen) atoms. The van der Waals surface area contributed by atoms with E-state index in [2.05, 4.69) is 12.2 Å². The van der Waals surface area contributed by atoms with Crippen molar-refractivity contribution in [3.05, 3.63) is 58.1 Å². The summed E-state index contributed by atoms with van der Waals surface area (Å²) in [5.74, 6) is 0.664. The van der Waals surface area contributed by atoms with Crippen LogP contribution in [0.25, 0.3) is 0 Å². The molecule has 0 amide bonds. The Morgan fingerprint density at radius 2 is 1.79 bits per heavy atom. The van der Waals surface area contributed by atoms with Gasteiger partial charge in [-0.2, -0.15) is 0 Å². The Hall–Kier alpha value is -1.38. The van der Waals surface area contributed by atoms with E-state index in [4.69, 9.17) is 27.9 Å². The topological polar surface area (TPSA) is 21.3 Å². The van der Waals surface area contributed by atoms with E-state index in [1.54, 1.807) is 7.11 Å². The van der Waals surface area contributed by atoms with Crippen molar-refractivity contribution >= 4 is 28.9 Å². The molecule has 100 valence electrons. The fraction of sp³-hybridized carbons (Fsp3) is 0.200. The van der Waals surface area contributed by atoms with Crippen LogP contribution in [0.1, 0.15) is 18.5 Å². The molecule has 0 radical (unpaired) electrons. The van der Waals surface area contributed by atoms with Crippen molar-refractivity contribution in [1.29, 1.82) is 0 Å². The molecule has 0 aliphatic rings. The van der Waals surface area contributed by atoms with E-state index in [1.807, 2.05) is 42.5 Å². The fourth-order valence-electron chi connectivity index (χ4n) is 1.91. The van der Waals surface area contributed by atoms with Gasteiger partial charge in [0.25, 0.3) is 0 Å². The Bertz CT molecular complexity index is 572. The van der Waals surface area contributed by atoms with E-state index < -0.39 is 0 Å². The molecule has 0 saturated heterocycles. The van der Waals surface area contributed by atoms with Crippen LogP contribution in [0, 0.1) is 0 Å². The van der Waals surface area contributed by atoms with Gasteiger partial charge in [-0.3, -0.25) is 0 Å². The summed E-state index contributed by atoms with van der Waals surface area (Å²) >= 11 is 12.3. The first kappa shape index (κ1) is 14.0. The van der Waals surface area contributed by atoms with Gasteiger partial charge in [0.2, 0.25) is 0 Å². The first-order chi connectivity index (χ1) is 9.11. The SMILES string of the molecule is COc1ccc(NC(C)c2ccccc2Cl)cc1Cl. The molecule has 0 heterocycles. The number of nitrogens with one attached hydrogen (secondary N) is 1. The molecule has 0 saturated carbocycles. The van der Waals surface area contributed by atoms with Crippen LogP contribution >= 0.6 is 23.2 Å². The third kappa shape index (κ3) is 3.34. The maximum atomic E-state index is 6.18. The number of hydrogen-bond acceptors (Lipinski definition) is 2. The van der Waals surface area contributed by atoms with Crippen molar-refractivity contribution in [3.8, 4) is 5.75 Å². The molecule has 1 N–H and O–H groups in total. The summed E-state index contributed by atoms with van der Waals surface area (Å²) in [4.78, 5) is 0. The van der Waals surface area contributed by atoms with Gasteiger partial charge in [-0.05, 0) is 36.8 Å². The lowest BCUT2D eigenvalue weighted by Crippen LogP contribution is -2.07. The van der Waals surface area contributed by atoms with Crippen molar-refractivity contribution in [2.45, 2.75) is 13.0 Å². The lowest BCUT2D eigenvalue weighted by molar-refractivity contribution is 0.415. The summed E-state index contributed by atoms with van der Waals surface area (Å²) < 4.78 is 5.13. The zero-order valence-corrected chi connectivity index (χ0v) is 12.3. The Kier molecular flexibility index (Phi) is 4.56. The van der Waals surface area contributed by atoms with Gasteiger partial charge in [0.15, 0.2) is 0 Å². The lowest BCUT2D eigenvalue weighted by Gasteiger charge is -2.17. The number of anilines is 1. The molecular weight excluding hydrogens is 281 g/mol. The van der Waals surface area contributed by atoms with E-state index in [9.17, 15) is 0 Å². The summed E-state index contributed by atoms with van der Waals surface area (Å²) in [5, 5.41) is 4.70. The molecule has 0 aliphatic carbocycles. The van der Waals surface area contributed by atoms with Gasteiger partial charge in [0.1, 0.15) is 5.75 Å². The maximum absolute atomic E-state index is 6.18. The zero-order chi connectivity index (χ0) is 13.8. The van der Waals surface area contributed by atoms with E-state index in [-0.39, 0.29) is 6.04 Å². The molecule has 4 heteroatoms. The summed E-state index contributed by atoms with van der Waals surface area (Å²) in [6, 6.07) is 13.5. The maximum Gasteiger partial charge on any atom is 0.137 e. The van der Waals surface area contributed by atoms with Crippen LogP contribution in [0.4, 0.5) is 5.69 Å². The third-order valence-electron chi connectivity index (χ3n) is 2.91. The Morgan fingerprint density at radius 3 is 2.42 bits per heavy atom. The van der Waals surface area contributed by atoms with Crippen molar-refractivity contribution < 1.29 is 4.74 Å². The highest BCUT2D eigenvalue weighted by Crippen LogP contribution is 2.30. The first-order valence-electron chi connectivity index (χ1n) is 5.96. The number of methoxy groups -OCH3 is 1. The zero-order valence-electron chi connectivity index (χ0n) is 10.8. The minimum Gasteiger partial charge on any atom is -0.495 e. The molecule has 0 aliphatic heterocycles. The molecule has 0 bridgehead atoms. The molecule has 1 atom stereocenters. The molecule has 2 aromatic rings. The van der Waals surface area contributed by atoms with Crippen LogP contribution in [0.5, 0.6) is 5.75 Å². The van der Waals surface area contributed by atoms with Crippen LogP contribution in [0.3, 0.4) is 0 Å². The highest BCUT2D eigenvalue weighted by molar-refractivity contribution is 6.32. The summed E-state index contributed by atoms with van der Waals surface area (Å²) in [7, 11) is 1.60. The molecule has 2 rings (SSSR count). The Balaban J connectivity index is 2.17. The number of ether oxygens (including phenoxy) is 1. The van der Waals surface area contributed by atoms with E-state index >= 15 is 0 Å². The van der Waals surface area contributed by atoms with Crippen molar-refractivity contribution in [2.75, 3.05) is 12.4 Å². The highest BCUT2D eigenvalue weighted by Gasteiger charge is 2.10. The summed E-state index contributed by atoms with van der Waals surface area (Å²) in [5.41, 5.74) is 1.98.